The van der Waals surface area contributed by atoms with Crippen LogP contribution in [-0.2, 0) is 16.0 Å². The normalized spacial score (nSPS) is 24.5. The molecule has 1 fully saturated rings. The van der Waals surface area contributed by atoms with E-state index in [1.165, 1.54) is 30.6 Å². The van der Waals surface area contributed by atoms with Crippen molar-refractivity contribution in [3.05, 3.63) is 21.9 Å². The molecular weight excluding hydrogens is 258 g/mol. The van der Waals surface area contributed by atoms with Crippen LogP contribution in [-0.4, -0.2) is 18.6 Å². The van der Waals surface area contributed by atoms with Gasteiger partial charge in [-0.2, -0.15) is 0 Å². The molecule has 1 aromatic heterocycles. The molecule has 0 radical (unpaired) electrons. The van der Waals surface area contributed by atoms with Crippen LogP contribution in [0, 0.1) is 0 Å². The lowest BCUT2D eigenvalue weighted by atomic mass is 10.0. The first-order valence-corrected chi connectivity index (χ1v) is 8.23. The standard InChI is InChI=1S/C15H21NO2S/c17-15(18-11-5-3-1-2-4-6-11)14-12-8-10-19-13(12)7-9-16-14/h8,10-11,14,16H,1-7,9H2. The molecule has 2 aliphatic rings. The molecule has 2 heterocycles. The fraction of sp³-hybridized carbons (Fsp3) is 0.667. The van der Waals surface area contributed by atoms with Gasteiger partial charge in [0.1, 0.15) is 12.1 Å². The van der Waals surface area contributed by atoms with E-state index in [1.54, 1.807) is 11.3 Å². The molecule has 1 aromatic rings. The van der Waals surface area contributed by atoms with Gasteiger partial charge in [0.25, 0.3) is 0 Å². The van der Waals surface area contributed by atoms with E-state index < -0.39 is 0 Å². The number of esters is 1. The number of fused-ring (bicyclic) bond motifs is 1. The average Bonchev–Trinajstić information content (AvgIpc) is 2.76. The minimum atomic E-state index is -0.238. The zero-order valence-electron chi connectivity index (χ0n) is 11.2. The highest BCUT2D eigenvalue weighted by Crippen LogP contribution is 2.29. The number of nitrogens with one attached hydrogen (secondary N) is 1. The molecule has 1 aliphatic carbocycles. The molecule has 1 aliphatic heterocycles. The monoisotopic (exact) mass is 279 g/mol. The Kier molecular flexibility index (Phi) is 4.18. The van der Waals surface area contributed by atoms with Crippen LogP contribution < -0.4 is 5.32 Å². The smallest absolute Gasteiger partial charge is 0.328 e. The Morgan fingerprint density at radius 3 is 2.84 bits per heavy atom. The largest absolute Gasteiger partial charge is 0.461 e. The Balaban J connectivity index is 1.65. The quantitative estimate of drug-likeness (QED) is 0.667. The molecule has 1 unspecified atom stereocenters. The summed E-state index contributed by atoms with van der Waals surface area (Å²) in [7, 11) is 0. The first-order chi connectivity index (χ1) is 9.34. The van der Waals surface area contributed by atoms with E-state index in [2.05, 4.69) is 16.8 Å². The van der Waals surface area contributed by atoms with Gasteiger partial charge in [-0.25, -0.2) is 4.79 Å². The molecule has 104 valence electrons. The van der Waals surface area contributed by atoms with Crippen molar-refractivity contribution in [1.82, 2.24) is 5.32 Å². The van der Waals surface area contributed by atoms with Crippen molar-refractivity contribution >= 4 is 17.3 Å². The van der Waals surface area contributed by atoms with Crippen LogP contribution in [0.5, 0.6) is 0 Å². The van der Waals surface area contributed by atoms with Crippen LogP contribution in [0.25, 0.3) is 0 Å². The lowest BCUT2D eigenvalue weighted by Crippen LogP contribution is -2.36. The lowest BCUT2D eigenvalue weighted by Gasteiger charge is -2.25. The van der Waals surface area contributed by atoms with E-state index in [0.717, 1.165) is 31.4 Å². The molecule has 0 bridgehead atoms. The van der Waals surface area contributed by atoms with Crippen molar-refractivity contribution in [2.75, 3.05) is 6.54 Å². The van der Waals surface area contributed by atoms with Gasteiger partial charge >= 0.3 is 5.97 Å². The zero-order chi connectivity index (χ0) is 13.1. The van der Waals surface area contributed by atoms with Crippen LogP contribution in [0.4, 0.5) is 0 Å². The van der Waals surface area contributed by atoms with Gasteiger partial charge in [0.2, 0.25) is 0 Å². The molecule has 4 heteroatoms. The summed E-state index contributed by atoms with van der Waals surface area (Å²) in [6.45, 7) is 0.873. The van der Waals surface area contributed by atoms with Gasteiger partial charge in [0, 0.05) is 11.4 Å². The molecule has 3 rings (SSSR count). The van der Waals surface area contributed by atoms with Gasteiger partial charge in [-0.15, -0.1) is 11.3 Å². The van der Waals surface area contributed by atoms with Crippen molar-refractivity contribution < 1.29 is 9.53 Å². The first-order valence-electron chi connectivity index (χ1n) is 7.35. The fourth-order valence-electron chi connectivity index (χ4n) is 3.05. The summed E-state index contributed by atoms with van der Waals surface area (Å²) in [5.41, 5.74) is 1.13. The molecule has 1 N–H and O–H groups in total. The van der Waals surface area contributed by atoms with Gasteiger partial charge < -0.3 is 10.1 Å². The van der Waals surface area contributed by atoms with Crippen molar-refractivity contribution in [2.45, 2.75) is 57.1 Å². The summed E-state index contributed by atoms with van der Waals surface area (Å²) in [4.78, 5) is 13.7. The maximum atomic E-state index is 12.4. The minimum Gasteiger partial charge on any atom is -0.461 e. The minimum absolute atomic E-state index is 0.0775. The SMILES string of the molecule is O=C(OC1CCCCCC1)C1NCCc2sccc21. The van der Waals surface area contributed by atoms with Crippen LogP contribution >= 0.6 is 11.3 Å². The van der Waals surface area contributed by atoms with Gasteiger partial charge in [0.05, 0.1) is 0 Å². The molecule has 19 heavy (non-hydrogen) atoms. The maximum absolute atomic E-state index is 12.4. The second kappa shape index (κ2) is 6.06. The Hall–Kier alpha value is -0.870. The summed E-state index contributed by atoms with van der Waals surface area (Å²) in [5, 5.41) is 5.37. The number of hydrogen-bond donors (Lipinski definition) is 1. The number of carbonyl (C=O) groups excluding carboxylic acids is 1. The van der Waals surface area contributed by atoms with Gasteiger partial charge in [-0.1, -0.05) is 12.8 Å². The predicted octanol–water partition coefficient (Wildman–Crippen LogP) is 3.20. The van der Waals surface area contributed by atoms with Crippen molar-refractivity contribution in [2.24, 2.45) is 0 Å². The molecule has 0 aromatic carbocycles. The molecule has 0 saturated heterocycles. The molecule has 1 saturated carbocycles. The number of ether oxygens (including phenoxy) is 1. The van der Waals surface area contributed by atoms with Crippen LogP contribution in [0.3, 0.4) is 0 Å². The molecule has 1 atom stereocenters. The fourth-order valence-corrected chi connectivity index (χ4v) is 3.97. The summed E-state index contributed by atoms with van der Waals surface area (Å²) < 4.78 is 5.74. The maximum Gasteiger partial charge on any atom is 0.328 e. The molecular formula is C15H21NO2S. The average molecular weight is 279 g/mol. The van der Waals surface area contributed by atoms with Gasteiger partial charge in [-0.05, 0) is 49.1 Å². The van der Waals surface area contributed by atoms with E-state index in [1.807, 2.05) is 0 Å². The highest BCUT2D eigenvalue weighted by Gasteiger charge is 2.30. The van der Waals surface area contributed by atoms with Crippen LogP contribution in [0.1, 0.15) is 55.0 Å². The van der Waals surface area contributed by atoms with Crippen molar-refractivity contribution in [1.29, 1.82) is 0 Å². The van der Waals surface area contributed by atoms with Gasteiger partial charge in [-0.3, -0.25) is 0 Å². The Bertz CT molecular complexity index is 435. The van der Waals surface area contributed by atoms with Crippen molar-refractivity contribution in [3.8, 4) is 0 Å². The second-order valence-corrected chi connectivity index (χ2v) is 6.49. The number of rotatable bonds is 2. The molecule has 0 amide bonds. The van der Waals surface area contributed by atoms with Crippen molar-refractivity contribution in [3.63, 3.8) is 0 Å². The number of hydrogen-bond acceptors (Lipinski definition) is 4. The summed E-state index contributed by atoms with van der Waals surface area (Å²) in [5.74, 6) is -0.0775. The Morgan fingerprint density at radius 1 is 1.26 bits per heavy atom. The highest BCUT2D eigenvalue weighted by molar-refractivity contribution is 7.10. The third-order valence-corrected chi connectivity index (χ3v) is 5.11. The third-order valence-electron chi connectivity index (χ3n) is 4.11. The lowest BCUT2D eigenvalue weighted by molar-refractivity contribution is -0.152. The second-order valence-electron chi connectivity index (χ2n) is 5.49. The molecule has 3 nitrogen and oxygen atoms in total. The Morgan fingerprint density at radius 2 is 2.05 bits per heavy atom. The van der Waals surface area contributed by atoms with E-state index in [4.69, 9.17) is 4.74 Å². The third kappa shape index (κ3) is 3.00. The summed E-state index contributed by atoms with van der Waals surface area (Å²) in [6.07, 6.45) is 8.19. The van der Waals surface area contributed by atoms with Gasteiger partial charge in [0.15, 0.2) is 0 Å². The van der Waals surface area contributed by atoms with E-state index in [-0.39, 0.29) is 18.1 Å². The molecule has 0 spiro atoms. The van der Waals surface area contributed by atoms with E-state index in [0.29, 0.717) is 0 Å². The van der Waals surface area contributed by atoms with Crippen LogP contribution in [0.2, 0.25) is 0 Å². The number of carbonyl (C=O) groups is 1. The first kappa shape index (κ1) is 13.1. The summed E-state index contributed by atoms with van der Waals surface area (Å²) >= 11 is 1.75. The highest BCUT2D eigenvalue weighted by atomic mass is 32.1. The summed E-state index contributed by atoms with van der Waals surface area (Å²) in [6, 6.07) is 1.82. The number of thiophene rings is 1. The predicted molar refractivity (Wildman–Crippen MR) is 76.3 cm³/mol. The van der Waals surface area contributed by atoms with Crippen LogP contribution in [0.15, 0.2) is 11.4 Å². The zero-order valence-corrected chi connectivity index (χ0v) is 12.0. The van der Waals surface area contributed by atoms with E-state index in [9.17, 15) is 4.79 Å². The Labute approximate surface area is 118 Å². The van der Waals surface area contributed by atoms with E-state index >= 15 is 0 Å². The topological polar surface area (TPSA) is 38.3 Å².